The lowest BCUT2D eigenvalue weighted by Crippen LogP contribution is -2.33. The van der Waals surface area contributed by atoms with Gasteiger partial charge in [-0.3, -0.25) is 14.9 Å². The number of rotatable bonds is 3. The number of thiazole rings is 1. The van der Waals surface area contributed by atoms with Crippen LogP contribution in [0.3, 0.4) is 0 Å². The Labute approximate surface area is 171 Å². The molecule has 1 atom stereocenters. The molecule has 2 amide bonds. The number of nitrogens with zero attached hydrogens (tertiary/aromatic N) is 2. The molecule has 2 aromatic carbocycles. The summed E-state index contributed by atoms with van der Waals surface area (Å²) in [7, 11) is 0. The summed E-state index contributed by atoms with van der Waals surface area (Å²) in [5.41, 5.74) is 3.33. The number of aryl methyl sites for hydroxylation is 1. The molecule has 1 unspecified atom stereocenters. The minimum Gasteiger partial charge on any atom is -0.311 e. The number of carbonyl (C=O) groups excluding carboxylic acids is 2. The van der Waals surface area contributed by atoms with E-state index < -0.39 is 0 Å². The van der Waals surface area contributed by atoms with Gasteiger partial charge in [-0.25, -0.2) is 9.37 Å². The second-order valence-corrected chi connectivity index (χ2v) is 8.33. The molecule has 1 aromatic heterocycles. The summed E-state index contributed by atoms with van der Waals surface area (Å²) in [6.07, 6.45) is 2.40. The van der Waals surface area contributed by atoms with Crippen molar-refractivity contribution in [2.75, 3.05) is 16.8 Å². The van der Waals surface area contributed by atoms with Crippen molar-refractivity contribution < 1.29 is 14.0 Å². The van der Waals surface area contributed by atoms with Gasteiger partial charge < -0.3 is 4.90 Å². The van der Waals surface area contributed by atoms with Gasteiger partial charge in [0.1, 0.15) is 5.82 Å². The number of anilines is 2. The molecule has 0 saturated heterocycles. The van der Waals surface area contributed by atoms with Gasteiger partial charge in [-0.15, -0.1) is 11.3 Å². The summed E-state index contributed by atoms with van der Waals surface area (Å²) in [6.45, 7) is 0.697. The Morgan fingerprint density at radius 2 is 1.90 bits per heavy atom. The third-order valence-corrected chi connectivity index (χ3v) is 6.54. The lowest BCUT2D eigenvalue weighted by molar-refractivity contribution is -0.120. The van der Waals surface area contributed by atoms with E-state index in [1.165, 1.54) is 41.2 Å². The average Bonchev–Trinajstić information content (AvgIpc) is 3.41. The number of hydrogen-bond donors (Lipinski definition) is 1. The van der Waals surface area contributed by atoms with Crippen molar-refractivity contribution in [1.82, 2.24) is 4.98 Å². The van der Waals surface area contributed by atoms with Crippen LogP contribution in [-0.4, -0.2) is 23.3 Å². The standard InChI is InChI=1S/C22H18FN3O2S/c23-15-7-5-14(6-8-15)20(27)25-22-24-19-16(9-10-18(19)29-22)21(28)26-12-11-13-3-1-2-4-17(13)26/h1-8,16H,9-12H2,(H,24,25,27). The first kappa shape index (κ1) is 18.0. The monoisotopic (exact) mass is 407 g/mol. The molecule has 146 valence electrons. The van der Waals surface area contributed by atoms with Gasteiger partial charge in [0.15, 0.2) is 5.13 Å². The molecule has 1 N–H and O–H groups in total. The highest BCUT2D eigenvalue weighted by atomic mass is 32.1. The second-order valence-electron chi connectivity index (χ2n) is 7.25. The van der Waals surface area contributed by atoms with E-state index in [4.69, 9.17) is 0 Å². The van der Waals surface area contributed by atoms with Gasteiger partial charge in [0.25, 0.3) is 5.91 Å². The van der Waals surface area contributed by atoms with Crippen molar-refractivity contribution in [3.05, 3.63) is 76.0 Å². The van der Waals surface area contributed by atoms with Gasteiger partial charge in [0.2, 0.25) is 5.91 Å². The van der Waals surface area contributed by atoms with Crippen molar-refractivity contribution in [2.45, 2.75) is 25.2 Å². The maximum absolute atomic E-state index is 13.2. The number of fused-ring (bicyclic) bond motifs is 2. The lowest BCUT2D eigenvalue weighted by atomic mass is 10.1. The fourth-order valence-electron chi connectivity index (χ4n) is 4.05. The average molecular weight is 407 g/mol. The van der Waals surface area contributed by atoms with E-state index in [1.807, 2.05) is 23.1 Å². The first-order valence-electron chi connectivity index (χ1n) is 9.56. The van der Waals surface area contributed by atoms with E-state index >= 15 is 0 Å². The Hall–Kier alpha value is -3.06. The molecular formula is C22H18FN3O2S. The first-order chi connectivity index (χ1) is 14.1. The van der Waals surface area contributed by atoms with Gasteiger partial charge in [-0.1, -0.05) is 18.2 Å². The zero-order chi connectivity index (χ0) is 20.0. The number of carbonyl (C=O) groups is 2. The summed E-state index contributed by atoms with van der Waals surface area (Å²) in [4.78, 5) is 33.1. The van der Waals surface area contributed by atoms with E-state index in [1.54, 1.807) is 0 Å². The van der Waals surface area contributed by atoms with Crippen LogP contribution in [0.15, 0.2) is 48.5 Å². The number of amides is 2. The molecule has 5 rings (SSSR count). The molecule has 7 heteroatoms. The number of hydrogen-bond acceptors (Lipinski definition) is 4. The fraction of sp³-hybridized carbons (Fsp3) is 0.227. The highest BCUT2D eigenvalue weighted by molar-refractivity contribution is 7.16. The van der Waals surface area contributed by atoms with E-state index in [-0.39, 0.29) is 23.5 Å². The van der Waals surface area contributed by atoms with Crippen molar-refractivity contribution in [2.24, 2.45) is 0 Å². The van der Waals surface area contributed by atoms with Gasteiger partial charge in [-0.2, -0.15) is 0 Å². The van der Waals surface area contributed by atoms with Gasteiger partial charge in [-0.05, 0) is 55.2 Å². The molecule has 0 fully saturated rings. The number of benzene rings is 2. The molecule has 1 aliphatic carbocycles. The first-order valence-corrected chi connectivity index (χ1v) is 10.4. The zero-order valence-corrected chi connectivity index (χ0v) is 16.3. The minimum absolute atomic E-state index is 0.0791. The van der Waals surface area contributed by atoms with Crippen LogP contribution in [0.5, 0.6) is 0 Å². The summed E-state index contributed by atoms with van der Waals surface area (Å²) in [6, 6.07) is 13.4. The van der Waals surface area contributed by atoms with Crippen LogP contribution in [0.2, 0.25) is 0 Å². The quantitative estimate of drug-likeness (QED) is 0.709. The Kier molecular flexibility index (Phi) is 4.39. The molecular weight excluding hydrogens is 389 g/mol. The Bertz CT molecular complexity index is 1110. The third kappa shape index (κ3) is 3.21. The smallest absolute Gasteiger partial charge is 0.257 e. The molecule has 1 aliphatic heterocycles. The molecule has 0 spiro atoms. The number of halogens is 1. The van der Waals surface area contributed by atoms with Crippen molar-refractivity contribution in [1.29, 1.82) is 0 Å². The van der Waals surface area contributed by atoms with E-state index in [0.717, 1.165) is 35.5 Å². The van der Waals surface area contributed by atoms with Crippen LogP contribution in [0.1, 0.15) is 38.8 Å². The number of aromatic nitrogens is 1. The van der Waals surface area contributed by atoms with Crippen LogP contribution < -0.4 is 10.2 Å². The number of para-hydroxylation sites is 1. The third-order valence-electron chi connectivity index (χ3n) is 5.50. The maximum atomic E-state index is 13.2. The Balaban J connectivity index is 1.34. The van der Waals surface area contributed by atoms with Crippen LogP contribution in [0, 0.1) is 5.82 Å². The predicted molar refractivity (Wildman–Crippen MR) is 110 cm³/mol. The van der Waals surface area contributed by atoms with Crippen molar-refractivity contribution >= 4 is 34.0 Å². The molecule has 0 bridgehead atoms. The Morgan fingerprint density at radius 1 is 1.10 bits per heavy atom. The second kappa shape index (κ2) is 7.08. The summed E-state index contributed by atoms with van der Waals surface area (Å²) < 4.78 is 13.0. The van der Waals surface area contributed by atoms with E-state index in [2.05, 4.69) is 16.4 Å². The van der Waals surface area contributed by atoms with Crippen LogP contribution in [0.25, 0.3) is 0 Å². The summed E-state index contributed by atoms with van der Waals surface area (Å²) in [5.74, 6) is -0.923. The zero-order valence-electron chi connectivity index (χ0n) is 15.5. The van der Waals surface area contributed by atoms with E-state index in [9.17, 15) is 14.0 Å². The van der Waals surface area contributed by atoms with Crippen molar-refractivity contribution in [3.63, 3.8) is 0 Å². The molecule has 2 heterocycles. The maximum Gasteiger partial charge on any atom is 0.257 e. The summed E-state index contributed by atoms with van der Waals surface area (Å²) in [5, 5.41) is 3.25. The van der Waals surface area contributed by atoms with E-state index in [0.29, 0.717) is 17.2 Å². The molecule has 3 aromatic rings. The predicted octanol–water partition coefficient (Wildman–Crippen LogP) is 4.15. The van der Waals surface area contributed by atoms with Crippen LogP contribution >= 0.6 is 11.3 Å². The lowest BCUT2D eigenvalue weighted by Gasteiger charge is -2.21. The molecule has 5 nitrogen and oxygen atoms in total. The Morgan fingerprint density at radius 3 is 2.72 bits per heavy atom. The van der Waals surface area contributed by atoms with Crippen LogP contribution in [-0.2, 0) is 17.6 Å². The minimum atomic E-state index is -0.389. The number of nitrogens with one attached hydrogen (secondary N) is 1. The molecule has 29 heavy (non-hydrogen) atoms. The van der Waals surface area contributed by atoms with Gasteiger partial charge in [0, 0.05) is 22.7 Å². The highest BCUT2D eigenvalue weighted by Gasteiger charge is 2.37. The highest BCUT2D eigenvalue weighted by Crippen LogP contribution is 2.41. The molecule has 2 aliphatic rings. The van der Waals surface area contributed by atoms with Crippen LogP contribution in [0.4, 0.5) is 15.2 Å². The van der Waals surface area contributed by atoms with Gasteiger partial charge in [0.05, 0.1) is 11.6 Å². The SMILES string of the molecule is O=C(Nc1nc2c(s1)CCC2C(=O)N1CCc2ccccc21)c1ccc(F)cc1. The van der Waals surface area contributed by atoms with Crippen molar-refractivity contribution in [3.8, 4) is 0 Å². The largest absolute Gasteiger partial charge is 0.311 e. The molecule has 0 radical (unpaired) electrons. The van der Waals surface area contributed by atoms with Gasteiger partial charge >= 0.3 is 0 Å². The topological polar surface area (TPSA) is 62.3 Å². The normalized spacial score (nSPS) is 17.1. The summed E-state index contributed by atoms with van der Waals surface area (Å²) >= 11 is 1.41. The molecule has 0 saturated carbocycles. The fourth-order valence-corrected chi connectivity index (χ4v) is 5.08.